The van der Waals surface area contributed by atoms with Gasteiger partial charge in [0.2, 0.25) is 0 Å². The second-order valence-electron chi connectivity index (χ2n) is 5.37. The quantitative estimate of drug-likeness (QED) is 0.730. The minimum atomic E-state index is -4.45. The summed E-state index contributed by atoms with van der Waals surface area (Å²) in [5, 5.41) is 5.19. The second-order valence-corrected chi connectivity index (χ2v) is 5.37. The fraction of sp³-hybridized carbons (Fsp3) is 0.533. The number of alkyl halides is 3. The van der Waals surface area contributed by atoms with E-state index in [2.05, 4.69) is 10.6 Å². The largest absolute Gasteiger partial charge is 0.481 e. The van der Waals surface area contributed by atoms with Crippen molar-refractivity contribution in [3.05, 3.63) is 30.1 Å². The van der Waals surface area contributed by atoms with Gasteiger partial charge >= 0.3 is 6.18 Å². The van der Waals surface area contributed by atoms with Crippen molar-refractivity contribution in [1.82, 2.24) is 15.5 Å². The fourth-order valence-electron chi connectivity index (χ4n) is 2.41. The number of carbonyl (C=O) groups is 1. The zero-order chi connectivity index (χ0) is 17.6. The fourth-order valence-corrected chi connectivity index (χ4v) is 2.41. The van der Waals surface area contributed by atoms with Crippen molar-refractivity contribution in [2.45, 2.75) is 12.2 Å². The number of carbonyl (C=O) groups excluding carboxylic acids is 1. The summed E-state index contributed by atoms with van der Waals surface area (Å²) in [6.45, 7) is 0.335. The maximum Gasteiger partial charge on any atom is 0.405 e. The van der Waals surface area contributed by atoms with E-state index in [9.17, 15) is 22.4 Å². The topological polar surface area (TPSA) is 53.6 Å². The van der Waals surface area contributed by atoms with Crippen molar-refractivity contribution in [3.63, 3.8) is 0 Å². The Hall–Kier alpha value is -1.58. The molecule has 2 N–H and O–H groups in total. The minimum Gasteiger partial charge on any atom is -0.481 e. The lowest BCUT2D eigenvalue weighted by atomic mass is 10.2. The number of halogens is 5. The lowest BCUT2D eigenvalue weighted by Crippen LogP contribution is -2.57. The summed E-state index contributed by atoms with van der Waals surface area (Å²) in [5.41, 5.74) is 0. The highest BCUT2D eigenvalue weighted by molar-refractivity contribution is 5.85. The molecule has 1 atom stereocenters. The number of nitrogens with one attached hydrogen (secondary N) is 2. The van der Waals surface area contributed by atoms with Gasteiger partial charge in [0.25, 0.3) is 5.91 Å². The van der Waals surface area contributed by atoms with E-state index >= 15 is 0 Å². The number of amides is 1. The molecule has 1 unspecified atom stereocenters. The number of hydrogen-bond acceptors (Lipinski definition) is 4. The standard InChI is InChI=1S/C15H19F4N3O2.ClH/c16-11-3-1-2-4-12(11)24-10-14(23)21-9-13(15(17,18)19)22-7-5-20-6-8-22;/h1-4,13,20H,5-10H2,(H,21,23);1H. The highest BCUT2D eigenvalue weighted by Gasteiger charge is 2.43. The van der Waals surface area contributed by atoms with E-state index in [1.807, 2.05) is 0 Å². The normalized spacial score (nSPS) is 16.6. The molecule has 0 radical (unpaired) electrons. The van der Waals surface area contributed by atoms with Crippen molar-refractivity contribution in [2.75, 3.05) is 39.3 Å². The SMILES string of the molecule is Cl.O=C(COc1ccccc1F)NCC(N1CCNCC1)C(F)(F)F. The van der Waals surface area contributed by atoms with Crippen LogP contribution in [0.15, 0.2) is 24.3 Å². The predicted octanol–water partition coefficient (Wildman–Crippen LogP) is 1.58. The molecular weight excluding hydrogens is 366 g/mol. The number of piperazine rings is 1. The molecule has 1 fully saturated rings. The maximum absolute atomic E-state index is 13.3. The number of benzene rings is 1. The molecule has 2 rings (SSSR count). The van der Waals surface area contributed by atoms with Gasteiger partial charge in [0, 0.05) is 32.7 Å². The Labute approximate surface area is 149 Å². The van der Waals surface area contributed by atoms with Crippen LogP contribution >= 0.6 is 12.4 Å². The first-order valence-corrected chi connectivity index (χ1v) is 7.53. The third-order valence-electron chi connectivity index (χ3n) is 3.66. The van der Waals surface area contributed by atoms with Crippen LogP contribution in [-0.2, 0) is 4.79 Å². The van der Waals surface area contributed by atoms with E-state index in [1.54, 1.807) is 0 Å². The zero-order valence-corrected chi connectivity index (χ0v) is 14.1. The number of rotatable bonds is 6. The van der Waals surface area contributed by atoms with Gasteiger partial charge in [0.05, 0.1) is 0 Å². The second kappa shape index (κ2) is 9.79. The monoisotopic (exact) mass is 385 g/mol. The Morgan fingerprint density at radius 2 is 1.92 bits per heavy atom. The van der Waals surface area contributed by atoms with Crippen molar-refractivity contribution in [2.24, 2.45) is 0 Å². The highest BCUT2D eigenvalue weighted by Crippen LogP contribution is 2.24. The first-order valence-electron chi connectivity index (χ1n) is 7.53. The molecule has 1 aliphatic rings. The average molecular weight is 386 g/mol. The molecule has 0 bridgehead atoms. The van der Waals surface area contributed by atoms with E-state index in [0.717, 1.165) is 6.07 Å². The van der Waals surface area contributed by atoms with E-state index in [1.165, 1.54) is 23.1 Å². The van der Waals surface area contributed by atoms with Crippen LogP contribution in [0.3, 0.4) is 0 Å². The van der Waals surface area contributed by atoms with Gasteiger partial charge in [0.1, 0.15) is 6.04 Å². The molecule has 25 heavy (non-hydrogen) atoms. The molecule has 1 aliphatic heterocycles. The smallest absolute Gasteiger partial charge is 0.405 e. The summed E-state index contributed by atoms with van der Waals surface area (Å²) < 4.78 is 57.8. The lowest BCUT2D eigenvalue weighted by Gasteiger charge is -2.35. The Balaban J connectivity index is 0.00000312. The third-order valence-corrected chi connectivity index (χ3v) is 3.66. The van der Waals surface area contributed by atoms with Gasteiger partial charge in [-0.1, -0.05) is 12.1 Å². The summed E-state index contributed by atoms with van der Waals surface area (Å²) in [5.74, 6) is -1.50. The molecule has 0 saturated carbocycles. The Bertz CT molecular complexity index is 554. The molecule has 1 amide bonds. The molecular formula is C15H20ClF4N3O2. The molecule has 142 valence electrons. The molecule has 1 aromatic rings. The van der Waals surface area contributed by atoms with Crippen LogP contribution in [0.4, 0.5) is 17.6 Å². The predicted molar refractivity (Wildman–Crippen MR) is 86.4 cm³/mol. The summed E-state index contributed by atoms with van der Waals surface area (Å²) >= 11 is 0. The van der Waals surface area contributed by atoms with Crippen LogP contribution in [0.25, 0.3) is 0 Å². The summed E-state index contributed by atoms with van der Waals surface area (Å²) in [4.78, 5) is 13.0. The highest BCUT2D eigenvalue weighted by atomic mass is 35.5. The first kappa shape index (κ1) is 21.5. The van der Waals surface area contributed by atoms with E-state index in [-0.39, 0.29) is 31.2 Å². The molecule has 5 nitrogen and oxygen atoms in total. The Morgan fingerprint density at radius 1 is 1.28 bits per heavy atom. The van der Waals surface area contributed by atoms with E-state index in [4.69, 9.17) is 4.74 Å². The third kappa shape index (κ3) is 6.68. The number of nitrogens with zero attached hydrogens (tertiary/aromatic N) is 1. The molecule has 1 heterocycles. The zero-order valence-electron chi connectivity index (χ0n) is 13.3. The van der Waals surface area contributed by atoms with Crippen LogP contribution in [-0.4, -0.2) is 62.4 Å². The van der Waals surface area contributed by atoms with Gasteiger partial charge in [-0.15, -0.1) is 12.4 Å². The summed E-state index contributed by atoms with van der Waals surface area (Å²) in [7, 11) is 0. The molecule has 1 saturated heterocycles. The summed E-state index contributed by atoms with van der Waals surface area (Å²) in [6.07, 6.45) is -4.45. The molecule has 1 aromatic carbocycles. The van der Waals surface area contributed by atoms with Crippen molar-refractivity contribution >= 4 is 18.3 Å². The number of ether oxygens (including phenoxy) is 1. The summed E-state index contributed by atoms with van der Waals surface area (Å²) in [6, 6.07) is 3.74. The Morgan fingerprint density at radius 3 is 2.52 bits per heavy atom. The van der Waals surface area contributed by atoms with Gasteiger partial charge in [-0.25, -0.2) is 4.39 Å². The van der Waals surface area contributed by atoms with Gasteiger partial charge in [-0.2, -0.15) is 13.2 Å². The van der Waals surface area contributed by atoms with E-state index in [0.29, 0.717) is 13.1 Å². The minimum absolute atomic E-state index is 0. The van der Waals surface area contributed by atoms with Crippen molar-refractivity contribution < 1.29 is 27.1 Å². The van der Waals surface area contributed by atoms with Crippen LogP contribution < -0.4 is 15.4 Å². The average Bonchev–Trinajstić information content (AvgIpc) is 2.54. The molecule has 0 spiro atoms. The van der Waals surface area contributed by atoms with Crippen LogP contribution in [0.2, 0.25) is 0 Å². The van der Waals surface area contributed by atoms with Crippen LogP contribution in [0.1, 0.15) is 0 Å². The van der Waals surface area contributed by atoms with Gasteiger partial charge in [-0.05, 0) is 12.1 Å². The van der Waals surface area contributed by atoms with Crippen molar-refractivity contribution in [1.29, 1.82) is 0 Å². The van der Waals surface area contributed by atoms with Gasteiger partial charge in [-0.3, -0.25) is 9.69 Å². The maximum atomic E-state index is 13.3. The van der Waals surface area contributed by atoms with Crippen molar-refractivity contribution in [3.8, 4) is 5.75 Å². The van der Waals surface area contributed by atoms with Gasteiger partial charge in [0.15, 0.2) is 18.2 Å². The van der Waals surface area contributed by atoms with Crippen LogP contribution in [0, 0.1) is 5.82 Å². The van der Waals surface area contributed by atoms with Crippen LogP contribution in [0.5, 0.6) is 5.75 Å². The van der Waals surface area contributed by atoms with Gasteiger partial charge < -0.3 is 15.4 Å². The lowest BCUT2D eigenvalue weighted by molar-refractivity contribution is -0.184. The number of hydrogen-bond donors (Lipinski definition) is 2. The Kier molecular flexibility index (Phi) is 8.40. The molecule has 0 aliphatic carbocycles. The van der Waals surface area contributed by atoms with E-state index < -0.39 is 37.1 Å². The molecule has 10 heteroatoms. The molecule has 0 aromatic heterocycles. The number of para-hydroxylation sites is 1. The first-order chi connectivity index (χ1) is 11.4.